The fraction of sp³-hybridized carbons (Fsp3) is 0.481. The molecule has 0 unspecified atom stereocenters. The Morgan fingerprint density at radius 1 is 1.29 bits per heavy atom. The quantitative estimate of drug-likeness (QED) is 0.357. The van der Waals surface area contributed by atoms with E-state index in [0.717, 1.165) is 11.1 Å². The van der Waals surface area contributed by atoms with E-state index in [0.29, 0.717) is 37.1 Å². The normalized spacial score (nSPS) is 23.2. The number of halogens is 2. The molecule has 3 atom stereocenters. The highest BCUT2D eigenvalue weighted by Crippen LogP contribution is 2.45. The second-order valence-electron chi connectivity index (χ2n) is 9.10. The highest BCUT2D eigenvalue weighted by molar-refractivity contribution is 6.02. The molecule has 2 aliphatic heterocycles. The lowest BCUT2D eigenvalue weighted by atomic mass is 9.87. The first-order valence-corrected chi connectivity index (χ1v) is 12.1. The Labute approximate surface area is 205 Å². The summed E-state index contributed by atoms with van der Waals surface area (Å²) in [6.07, 6.45) is 8.53. The zero-order valence-corrected chi connectivity index (χ0v) is 20.6. The van der Waals surface area contributed by atoms with Gasteiger partial charge in [-0.1, -0.05) is 30.9 Å². The molecule has 0 bridgehead atoms. The highest BCUT2D eigenvalue weighted by atomic mass is 19.3. The van der Waals surface area contributed by atoms with E-state index in [1.54, 1.807) is 6.07 Å². The molecule has 2 amide bonds. The van der Waals surface area contributed by atoms with E-state index in [1.807, 2.05) is 38.2 Å². The van der Waals surface area contributed by atoms with Crippen molar-refractivity contribution in [2.24, 2.45) is 5.92 Å². The molecule has 1 saturated heterocycles. The molecule has 1 aromatic rings. The molecule has 6 nitrogen and oxygen atoms in total. The zero-order chi connectivity index (χ0) is 25.6. The van der Waals surface area contributed by atoms with Gasteiger partial charge in [-0.3, -0.25) is 9.59 Å². The molecular weight excluding hydrogens is 452 g/mol. The summed E-state index contributed by atoms with van der Waals surface area (Å²) in [5.41, 5.74) is 2.14. The van der Waals surface area contributed by atoms with Crippen LogP contribution in [0.1, 0.15) is 65.3 Å². The first kappa shape index (κ1) is 26.6. The van der Waals surface area contributed by atoms with E-state index < -0.39 is 11.8 Å². The number of hydrogen-bond acceptors (Lipinski definition) is 4. The molecule has 190 valence electrons. The van der Waals surface area contributed by atoms with Crippen LogP contribution in [0.5, 0.6) is 5.75 Å². The maximum absolute atomic E-state index is 14.0. The van der Waals surface area contributed by atoms with Crippen LogP contribution in [0.15, 0.2) is 48.6 Å². The number of alkyl halides is 2. The summed E-state index contributed by atoms with van der Waals surface area (Å²) in [6, 6.07) is 3.25. The predicted molar refractivity (Wildman–Crippen MR) is 133 cm³/mol. The van der Waals surface area contributed by atoms with Crippen molar-refractivity contribution in [3.05, 3.63) is 65.3 Å². The molecule has 2 heterocycles. The highest BCUT2D eigenvalue weighted by Gasteiger charge is 2.41. The van der Waals surface area contributed by atoms with Crippen LogP contribution >= 0.6 is 0 Å². The number of piperidine rings is 1. The van der Waals surface area contributed by atoms with E-state index >= 15 is 0 Å². The summed E-state index contributed by atoms with van der Waals surface area (Å²) in [4.78, 5) is 25.6. The monoisotopic (exact) mass is 487 g/mol. The number of carbonyl (C=O) groups is 2. The van der Waals surface area contributed by atoms with Crippen LogP contribution in [0, 0.1) is 5.92 Å². The molecule has 35 heavy (non-hydrogen) atoms. The summed E-state index contributed by atoms with van der Waals surface area (Å²) in [7, 11) is 1.52. The van der Waals surface area contributed by atoms with Gasteiger partial charge in [0, 0.05) is 36.6 Å². The second-order valence-corrected chi connectivity index (χ2v) is 9.10. The van der Waals surface area contributed by atoms with Crippen molar-refractivity contribution in [1.82, 2.24) is 16.0 Å². The third-order valence-electron chi connectivity index (χ3n) is 6.62. The Morgan fingerprint density at radius 2 is 2.06 bits per heavy atom. The molecule has 1 aromatic carbocycles. The number of ether oxygens (including phenoxy) is 1. The summed E-state index contributed by atoms with van der Waals surface area (Å²) in [5.74, 6) is -3.88. The number of benzene rings is 1. The van der Waals surface area contributed by atoms with Gasteiger partial charge in [0.2, 0.25) is 0 Å². The molecule has 0 aliphatic carbocycles. The molecule has 0 radical (unpaired) electrons. The lowest BCUT2D eigenvalue weighted by Gasteiger charge is -2.31. The molecule has 0 saturated carbocycles. The van der Waals surface area contributed by atoms with Gasteiger partial charge in [-0.25, -0.2) is 8.78 Å². The minimum absolute atomic E-state index is 0.218. The van der Waals surface area contributed by atoms with E-state index in [1.165, 1.54) is 13.1 Å². The molecule has 3 rings (SSSR count). The van der Waals surface area contributed by atoms with Gasteiger partial charge in [-0.15, -0.1) is 0 Å². The van der Waals surface area contributed by atoms with Gasteiger partial charge in [0.15, 0.2) is 0 Å². The lowest BCUT2D eigenvalue weighted by molar-refractivity contribution is -0.0762. The summed E-state index contributed by atoms with van der Waals surface area (Å²) >= 11 is 0. The number of amides is 2. The van der Waals surface area contributed by atoms with Gasteiger partial charge in [-0.2, -0.15) is 0 Å². The van der Waals surface area contributed by atoms with Crippen molar-refractivity contribution in [1.29, 1.82) is 0 Å². The number of rotatable bonds is 9. The van der Waals surface area contributed by atoms with Gasteiger partial charge < -0.3 is 20.7 Å². The summed E-state index contributed by atoms with van der Waals surface area (Å²) in [5, 5.41) is 8.15. The summed E-state index contributed by atoms with van der Waals surface area (Å²) < 4.78 is 34.1. The zero-order valence-electron chi connectivity index (χ0n) is 20.6. The van der Waals surface area contributed by atoms with E-state index in [4.69, 9.17) is 4.74 Å². The molecule has 0 spiro atoms. The second kappa shape index (κ2) is 11.6. The molecule has 0 aromatic heterocycles. The van der Waals surface area contributed by atoms with Crippen LogP contribution in [-0.2, 0) is 0 Å². The molecule has 8 heteroatoms. The number of carbonyl (C=O) groups excluding carboxylic acids is 2. The standard InChI is InChI=1S/C27H35F2N3O3/c1-5-6-7-9-17(2)23-18(3)35-24-21(23)14-19(15-22(24)26(34)30-4)25(33)32-12-8-10-20-11-13-31-16-27(20,28)29/h5-7,9,14-15,18,20,23,31H,2,8,10-13,16H2,1,3-4H3,(H,30,34)(H,32,33)/b6-5-,9-7-/t18-,20+,23-/m0/s1. The molecule has 1 fully saturated rings. The Bertz CT molecular complexity index is 1020. The van der Waals surface area contributed by atoms with Crippen molar-refractivity contribution in [2.45, 2.75) is 51.1 Å². The minimum atomic E-state index is -2.72. The SMILES string of the molecule is C=C(/C=C\C=C/C)[C@@H]1c2cc(C(=O)NCCC[C@@H]3CCNCC3(F)F)cc(C(=O)NC)c2O[C@H]1C. The van der Waals surface area contributed by atoms with Crippen LogP contribution in [0.2, 0.25) is 0 Å². The number of allylic oxidation sites excluding steroid dienone is 4. The number of fused-ring (bicyclic) bond motifs is 1. The van der Waals surface area contributed by atoms with Crippen LogP contribution in [0.25, 0.3) is 0 Å². The average Bonchev–Trinajstić information content (AvgIpc) is 3.16. The maximum atomic E-state index is 14.0. The third-order valence-corrected chi connectivity index (χ3v) is 6.62. The molecule has 3 N–H and O–H groups in total. The van der Waals surface area contributed by atoms with Crippen LogP contribution in [0.4, 0.5) is 8.78 Å². The first-order chi connectivity index (χ1) is 16.7. The van der Waals surface area contributed by atoms with Crippen molar-refractivity contribution < 1.29 is 23.1 Å². The molecule has 2 aliphatic rings. The Kier molecular flexibility index (Phi) is 8.83. The van der Waals surface area contributed by atoms with E-state index in [9.17, 15) is 18.4 Å². The van der Waals surface area contributed by atoms with Gasteiger partial charge in [0.05, 0.1) is 12.1 Å². The minimum Gasteiger partial charge on any atom is -0.489 e. The van der Waals surface area contributed by atoms with E-state index in [2.05, 4.69) is 22.5 Å². The fourth-order valence-corrected chi connectivity index (χ4v) is 4.74. The maximum Gasteiger partial charge on any atom is 0.263 e. The van der Waals surface area contributed by atoms with Crippen LogP contribution < -0.4 is 20.7 Å². The van der Waals surface area contributed by atoms with E-state index in [-0.39, 0.29) is 42.5 Å². The number of nitrogens with one attached hydrogen (secondary N) is 3. The Morgan fingerprint density at radius 3 is 2.74 bits per heavy atom. The predicted octanol–water partition coefficient (Wildman–Crippen LogP) is 4.35. The van der Waals surface area contributed by atoms with Gasteiger partial charge >= 0.3 is 0 Å². The van der Waals surface area contributed by atoms with Crippen molar-refractivity contribution in [3.8, 4) is 5.75 Å². The van der Waals surface area contributed by atoms with Gasteiger partial charge in [0.1, 0.15) is 11.9 Å². The van der Waals surface area contributed by atoms with Crippen molar-refractivity contribution in [2.75, 3.05) is 26.7 Å². The van der Waals surface area contributed by atoms with Crippen molar-refractivity contribution >= 4 is 11.8 Å². The van der Waals surface area contributed by atoms with Gasteiger partial charge in [0.25, 0.3) is 17.7 Å². The average molecular weight is 488 g/mol. The fourth-order valence-electron chi connectivity index (χ4n) is 4.74. The first-order valence-electron chi connectivity index (χ1n) is 12.1. The third kappa shape index (κ3) is 6.17. The van der Waals surface area contributed by atoms with Crippen molar-refractivity contribution in [3.63, 3.8) is 0 Å². The van der Waals surface area contributed by atoms with Crippen LogP contribution in [-0.4, -0.2) is 50.5 Å². The summed E-state index contributed by atoms with van der Waals surface area (Å²) in [6.45, 7) is 8.57. The Balaban J connectivity index is 1.76. The van der Waals surface area contributed by atoms with Gasteiger partial charge in [-0.05, 0) is 57.4 Å². The Hall–Kier alpha value is -3.00. The molecular formula is C27H35F2N3O3. The number of hydrogen-bond donors (Lipinski definition) is 3. The topological polar surface area (TPSA) is 79.5 Å². The largest absolute Gasteiger partial charge is 0.489 e. The smallest absolute Gasteiger partial charge is 0.263 e. The lowest BCUT2D eigenvalue weighted by Crippen LogP contribution is -2.46. The van der Waals surface area contributed by atoms with Crippen LogP contribution in [0.3, 0.4) is 0 Å².